The highest BCUT2D eigenvalue weighted by Gasteiger charge is 2.19. The maximum absolute atomic E-state index is 11.3. The number of rotatable bonds is 2. The minimum absolute atomic E-state index is 0.0966. The Morgan fingerprint density at radius 3 is 2.36 bits per heavy atom. The van der Waals surface area contributed by atoms with Gasteiger partial charge in [-0.3, -0.25) is 4.57 Å². The van der Waals surface area contributed by atoms with E-state index >= 15 is 0 Å². The van der Waals surface area contributed by atoms with Crippen molar-refractivity contribution in [1.29, 1.82) is 0 Å². The van der Waals surface area contributed by atoms with Crippen LogP contribution in [0, 0.1) is 4.91 Å². The number of imidazole rings is 1. The number of hydrogen-bond donors (Lipinski definition) is 1. The highest BCUT2D eigenvalue weighted by molar-refractivity contribution is 6.12. The summed E-state index contributed by atoms with van der Waals surface area (Å²) >= 11 is 0. The SMILES string of the molecule is O=Nc1c2ccccc2c(O)c2c1ncn2-c1ccccc1. The Hall–Kier alpha value is -3.21. The fraction of sp³-hybridized carbons (Fsp3) is 0. The summed E-state index contributed by atoms with van der Waals surface area (Å²) in [6, 6.07) is 16.7. The van der Waals surface area contributed by atoms with Gasteiger partial charge >= 0.3 is 0 Å². The predicted octanol–water partition coefficient (Wildman–Crippen LogP) is 4.28. The highest BCUT2D eigenvalue weighted by atomic mass is 16.3. The monoisotopic (exact) mass is 289 g/mol. The molecule has 0 aliphatic carbocycles. The van der Waals surface area contributed by atoms with E-state index in [1.54, 1.807) is 29.1 Å². The number of nitrogens with zero attached hydrogens (tertiary/aromatic N) is 3. The smallest absolute Gasteiger partial charge is 0.149 e. The Bertz CT molecular complexity index is 1010. The Labute approximate surface area is 125 Å². The fourth-order valence-corrected chi connectivity index (χ4v) is 2.78. The molecule has 5 nitrogen and oxygen atoms in total. The zero-order valence-corrected chi connectivity index (χ0v) is 11.5. The molecular formula is C17H11N3O2. The lowest BCUT2D eigenvalue weighted by Gasteiger charge is -2.09. The fourth-order valence-electron chi connectivity index (χ4n) is 2.78. The third-order valence-electron chi connectivity index (χ3n) is 3.78. The number of aromatic hydroxyl groups is 1. The molecule has 0 radical (unpaired) electrons. The van der Waals surface area contributed by atoms with E-state index in [9.17, 15) is 10.0 Å². The zero-order chi connectivity index (χ0) is 15.1. The van der Waals surface area contributed by atoms with E-state index in [2.05, 4.69) is 10.2 Å². The van der Waals surface area contributed by atoms with Crippen LogP contribution in [0.4, 0.5) is 5.69 Å². The van der Waals surface area contributed by atoms with Gasteiger partial charge in [0.05, 0.1) is 0 Å². The van der Waals surface area contributed by atoms with Crippen molar-refractivity contribution in [3.8, 4) is 11.4 Å². The van der Waals surface area contributed by atoms with Crippen molar-refractivity contribution < 1.29 is 5.11 Å². The van der Waals surface area contributed by atoms with E-state index < -0.39 is 0 Å². The van der Waals surface area contributed by atoms with Gasteiger partial charge in [0.1, 0.15) is 28.8 Å². The lowest BCUT2D eigenvalue weighted by molar-refractivity contribution is 0.486. The number of nitroso groups, excluding NO2 is 1. The van der Waals surface area contributed by atoms with E-state index in [-0.39, 0.29) is 11.4 Å². The van der Waals surface area contributed by atoms with E-state index in [0.717, 1.165) is 5.69 Å². The van der Waals surface area contributed by atoms with E-state index in [0.29, 0.717) is 21.8 Å². The van der Waals surface area contributed by atoms with Gasteiger partial charge in [0, 0.05) is 16.5 Å². The van der Waals surface area contributed by atoms with Gasteiger partial charge in [-0.2, -0.15) is 0 Å². The largest absolute Gasteiger partial charge is 0.505 e. The second-order valence-electron chi connectivity index (χ2n) is 4.98. The molecule has 3 aromatic carbocycles. The third-order valence-corrected chi connectivity index (χ3v) is 3.78. The summed E-state index contributed by atoms with van der Waals surface area (Å²) in [7, 11) is 0. The van der Waals surface area contributed by atoms with Crippen LogP contribution in [0.2, 0.25) is 0 Å². The molecule has 0 amide bonds. The molecule has 0 unspecified atom stereocenters. The minimum atomic E-state index is 0.0966. The molecule has 0 atom stereocenters. The molecule has 0 aliphatic heterocycles. The summed E-state index contributed by atoms with van der Waals surface area (Å²) in [4.78, 5) is 15.6. The molecule has 5 heteroatoms. The van der Waals surface area contributed by atoms with Crippen LogP contribution in [0.5, 0.6) is 5.75 Å². The van der Waals surface area contributed by atoms with Gasteiger partial charge in [-0.1, -0.05) is 42.5 Å². The van der Waals surface area contributed by atoms with E-state index in [1.807, 2.05) is 36.4 Å². The first kappa shape index (κ1) is 12.5. The molecule has 4 aromatic rings. The lowest BCUT2D eigenvalue weighted by Crippen LogP contribution is -1.92. The summed E-state index contributed by atoms with van der Waals surface area (Å²) in [5.74, 6) is 0.0966. The standard InChI is InChI=1S/C17H11N3O2/c21-17-13-9-5-4-8-12(13)14(19-22)15-16(17)20(10-18-15)11-6-2-1-3-7-11/h1-10,21H. The number of phenols is 1. The number of phenolic OH excluding ortho intramolecular Hbond substituents is 1. The van der Waals surface area contributed by atoms with Gasteiger partial charge in [0.15, 0.2) is 0 Å². The average Bonchev–Trinajstić information content (AvgIpc) is 3.01. The Kier molecular flexibility index (Phi) is 2.66. The molecule has 4 rings (SSSR count). The van der Waals surface area contributed by atoms with Gasteiger partial charge in [0.25, 0.3) is 0 Å². The van der Waals surface area contributed by atoms with Gasteiger partial charge in [-0.15, -0.1) is 4.91 Å². The number of benzene rings is 3. The molecule has 0 saturated heterocycles. The average molecular weight is 289 g/mol. The maximum atomic E-state index is 11.3. The molecule has 22 heavy (non-hydrogen) atoms. The van der Waals surface area contributed by atoms with E-state index in [4.69, 9.17) is 0 Å². The van der Waals surface area contributed by atoms with Gasteiger partial charge in [0.2, 0.25) is 0 Å². The van der Waals surface area contributed by atoms with Crippen LogP contribution in [0.3, 0.4) is 0 Å². The van der Waals surface area contributed by atoms with Crippen molar-refractivity contribution >= 4 is 27.5 Å². The van der Waals surface area contributed by atoms with Crippen LogP contribution >= 0.6 is 0 Å². The Morgan fingerprint density at radius 2 is 1.64 bits per heavy atom. The second kappa shape index (κ2) is 4.66. The van der Waals surface area contributed by atoms with Crippen molar-refractivity contribution in [3.05, 3.63) is 65.8 Å². The number of para-hydroxylation sites is 1. The van der Waals surface area contributed by atoms with Crippen LogP contribution in [-0.4, -0.2) is 14.7 Å². The van der Waals surface area contributed by atoms with Crippen molar-refractivity contribution in [2.45, 2.75) is 0 Å². The topological polar surface area (TPSA) is 67.5 Å². The van der Waals surface area contributed by atoms with Gasteiger partial charge in [-0.25, -0.2) is 4.98 Å². The number of fused-ring (bicyclic) bond motifs is 2. The van der Waals surface area contributed by atoms with Crippen molar-refractivity contribution in [2.75, 3.05) is 0 Å². The Morgan fingerprint density at radius 1 is 0.955 bits per heavy atom. The normalized spacial score (nSPS) is 11.1. The van der Waals surface area contributed by atoms with Crippen LogP contribution in [-0.2, 0) is 0 Å². The number of hydrogen-bond acceptors (Lipinski definition) is 4. The van der Waals surface area contributed by atoms with Crippen LogP contribution in [0.1, 0.15) is 0 Å². The van der Waals surface area contributed by atoms with Crippen LogP contribution < -0.4 is 0 Å². The highest BCUT2D eigenvalue weighted by Crippen LogP contribution is 2.41. The zero-order valence-electron chi connectivity index (χ0n) is 11.5. The second-order valence-corrected chi connectivity index (χ2v) is 4.98. The summed E-state index contributed by atoms with van der Waals surface area (Å²) < 4.78 is 1.76. The van der Waals surface area contributed by atoms with Crippen molar-refractivity contribution in [1.82, 2.24) is 9.55 Å². The minimum Gasteiger partial charge on any atom is -0.505 e. The molecular weight excluding hydrogens is 278 g/mol. The van der Waals surface area contributed by atoms with Crippen LogP contribution in [0.25, 0.3) is 27.5 Å². The number of aromatic nitrogens is 2. The van der Waals surface area contributed by atoms with Crippen molar-refractivity contribution in [2.24, 2.45) is 5.18 Å². The first-order valence-electron chi connectivity index (χ1n) is 6.81. The molecule has 106 valence electrons. The summed E-state index contributed by atoms with van der Waals surface area (Å²) in [6.07, 6.45) is 1.59. The van der Waals surface area contributed by atoms with Gasteiger partial charge < -0.3 is 5.11 Å². The summed E-state index contributed by atoms with van der Waals surface area (Å²) in [5, 5.41) is 15.0. The molecule has 0 aliphatic rings. The molecule has 0 fully saturated rings. The quantitative estimate of drug-likeness (QED) is 0.560. The molecule has 0 bridgehead atoms. The predicted molar refractivity (Wildman–Crippen MR) is 85.7 cm³/mol. The molecule has 0 saturated carbocycles. The van der Waals surface area contributed by atoms with E-state index in [1.165, 1.54) is 0 Å². The third kappa shape index (κ3) is 1.62. The molecule has 0 spiro atoms. The Balaban J connectivity index is 2.20. The molecule has 1 aromatic heterocycles. The first-order chi connectivity index (χ1) is 10.8. The van der Waals surface area contributed by atoms with Crippen molar-refractivity contribution in [3.63, 3.8) is 0 Å². The summed E-state index contributed by atoms with van der Waals surface area (Å²) in [5.41, 5.74) is 1.99. The first-order valence-corrected chi connectivity index (χ1v) is 6.81. The summed E-state index contributed by atoms with van der Waals surface area (Å²) in [6.45, 7) is 0. The maximum Gasteiger partial charge on any atom is 0.149 e. The molecule has 1 N–H and O–H groups in total. The van der Waals surface area contributed by atoms with Crippen LogP contribution in [0.15, 0.2) is 66.1 Å². The lowest BCUT2D eigenvalue weighted by atomic mass is 10.1. The molecule has 1 heterocycles. The van der Waals surface area contributed by atoms with Gasteiger partial charge in [-0.05, 0) is 17.3 Å².